The van der Waals surface area contributed by atoms with E-state index in [-0.39, 0.29) is 21.2 Å². The molecule has 6 heavy (non-hydrogen) atoms. The topological polar surface area (TPSA) is 17.1 Å². The predicted molar refractivity (Wildman–Crippen MR) is 19.0 cm³/mol. The molecule has 1 aliphatic heterocycles. The summed E-state index contributed by atoms with van der Waals surface area (Å²) in [5.74, 6) is 0. The van der Waals surface area contributed by atoms with E-state index in [4.69, 9.17) is 0 Å². The molecular formula is C4H4IO-. The van der Waals surface area contributed by atoms with Crippen molar-refractivity contribution in [2.45, 2.75) is 0 Å². The molecule has 0 saturated heterocycles. The summed E-state index contributed by atoms with van der Waals surface area (Å²) < 4.78 is 1.45. The van der Waals surface area contributed by atoms with Crippen LogP contribution in [0.5, 0.6) is 0 Å². The molecule has 0 aromatic rings. The number of alkyl halides is 1. The van der Waals surface area contributed by atoms with Gasteiger partial charge in [-0.05, 0) is 0 Å². The van der Waals surface area contributed by atoms with E-state index in [1.807, 2.05) is 6.08 Å². The van der Waals surface area contributed by atoms with Gasteiger partial charge in [-0.1, -0.05) is 0 Å². The number of hydrogen-bond acceptors (Lipinski definition) is 1. The summed E-state index contributed by atoms with van der Waals surface area (Å²) in [4.78, 5) is 10.2. The number of carbonyl (C=O) groups excluding carboxylic acids is 1. The van der Waals surface area contributed by atoms with Crippen LogP contribution in [0, 0.1) is 0 Å². The Kier molecular flexibility index (Phi) is 1.24. The summed E-state index contributed by atoms with van der Waals surface area (Å²) in [6.45, 7) is 0. The molecule has 34 valence electrons. The van der Waals surface area contributed by atoms with Crippen molar-refractivity contribution in [1.82, 2.24) is 0 Å². The fourth-order valence-corrected chi connectivity index (χ4v) is 1.75. The summed E-state index contributed by atoms with van der Waals surface area (Å²) in [5, 5.41) is 0. The van der Waals surface area contributed by atoms with Crippen molar-refractivity contribution in [3.63, 3.8) is 0 Å². The summed E-state index contributed by atoms with van der Waals surface area (Å²) in [5.41, 5.74) is 0. The second kappa shape index (κ2) is 1.73. The summed E-state index contributed by atoms with van der Waals surface area (Å²) in [6.07, 6.45) is 3.64. The quantitative estimate of drug-likeness (QED) is 0.231. The molecule has 1 nitrogen and oxygen atoms in total. The Morgan fingerprint density at radius 3 is 2.83 bits per heavy atom. The number of hydrogen-bond donors (Lipinski definition) is 0. The van der Waals surface area contributed by atoms with Crippen LogP contribution in [-0.4, -0.2) is 8.22 Å². The second-order valence-corrected chi connectivity index (χ2v) is 3.70. The van der Waals surface area contributed by atoms with E-state index in [0.29, 0.717) is 3.79 Å². The third-order valence-electron chi connectivity index (χ3n) is 0.547. The average molecular weight is 195 g/mol. The Balaban J connectivity index is 2.59. The van der Waals surface area contributed by atoms with Crippen LogP contribution in [0.25, 0.3) is 0 Å². The van der Waals surface area contributed by atoms with Crippen LogP contribution in [-0.2, 0) is 4.79 Å². The van der Waals surface area contributed by atoms with Crippen LogP contribution in [0.3, 0.4) is 0 Å². The molecule has 0 bridgehead atoms. The third-order valence-corrected chi connectivity index (χ3v) is 2.61. The van der Waals surface area contributed by atoms with Gasteiger partial charge in [-0.15, -0.1) is 0 Å². The molecule has 1 heterocycles. The van der Waals surface area contributed by atoms with Crippen LogP contribution >= 0.6 is 0 Å². The van der Waals surface area contributed by atoms with Gasteiger partial charge < -0.3 is 0 Å². The van der Waals surface area contributed by atoms with Gasteiger partial charge in [0.1, 0.15) is 0 Å². The molecule has 0 radical (unpaired) electrons. The van der Waals surface area contributed by atoms with Crippen molar-refractivity contribution in [2.75, 3.05) is 4.43 Å². The molecule has 0 spiro atoms. The van der Waals surface area contributed by atoms with Crippen molar-refractivity contribution >= 4 is 3.79 Å². The van der Waals surface area contributed by atoms with Crippen molar-refractivity contribution < 1.29 is 26.0 Å². The molecule has 1 rings (SSSR count). The number of carbonyl (C=O) groups is 1. The van der Waals surface area contributed by atoms with Gasteiger partial charge in [0, 0.05) is 0 Å². The van der Waals surface area contributed by atoms with Gasteiger partial charge >= 0.3 is 46.4 Å². The summed E-state index contributed by atoms with van der Waals surface area (Å²) in [6, 6.07) is 0. The van der Waals surface area contributed by atoms with E-state index in [1.165, 1.54) is 0 Å². The first-order valence-electron chi connectivity index (χ1n) is 1.69. The van der Waals surface area contributed by atoms with Crippen molar-refractivity contribution in [3.8, 4) is 0 Å². The Morgan fingerprint density at radius 2 is 2.67 bits per heavy atom. The predicted octanol–water partition coefficient (Wildman–Crippen LogP) is -2.83. The van der Waals surface area contributed by atoms with Crippen molar-refractivity contribution in [1.29, 1.82) is 0 Å². The van der Waals surface area contributed by atoms with Gasteiger partial charge in [-0.2, -0.15) is 0 Å². The molecular weight excluding hydrogens is 191 g/mol. The zero-order valence-corrected chi connectivity index (χ0v) is 5.31. The SMILES string of the molecule is O=C1C=CC[I-]1. The maximum absolute atomic E-state index is 10.2. The normalized spacial score (nSPS) is 21.0. The van der Waals surface area contributed by atoms with Gasteiger partial charge in [-0.3, -0.25) is 0 Å². The van der Waals surface area contributed by atoms with Crippen LogP contribution < -0.4 is 21.2 Å². The molecule has 0 aromatic heterocycles. The van der Waals surface area contributed by atoms with E-state index >= 15 is 0 Å². The first-order chi connectivity index (χ1) is 2.89. The first kappa shape index (κ1) is 4.30. The minimum absolute atomic E-state index is 0.0706. The van der Waals surface area contributed by atoms with E-state index in [0.717, 1.165) is 4.43 Å². The monoisotopic (exact) mass is 195 g/mol. The molecule has 0 amide bonds. The van der Waals surface area contributed by atoms with Gasteiger partial charge in [0.05, 0.1) is 0 Å². The van der Waals surface area contributed by atoms with Gasteiger partial charge in [-0.25, -0.2) is 0 Å². The molecule has 2 heteroatoms. The van der Waals surface area contributed by atoms with Crippen LogP contribution in [0.15, 0.2) is 12.2 Å². The third kappa shape index (κ3) is 0.801. The fourth-order valence-electron chi connectivity index (χ4n) is 0.302. The Morgan fingerprint density at radius 1 is 1.83 bits per heavy atom. The first-order valence-corrected chi connectivity index (χ1v) is 4.29. The molecule has 0 aromatic carbocycles. The second-order valence-electron chi connectivity index (χ2n) is 0.994. The van der Waals surface area contributed by atoms with Gasteiger partial charge in [0.2, 0.25) is 0 Å². The zero-order valence-electron chi connectivity index (χ0n) is 3.15. The molecule has 0 N–H and O–H groups in total. The van der Waals surface area contributed by atoms with Gasteiger partial charge in [0.15, 0.2) is 0 Å². The van der Waals surface area contributed by atoms with Crippen molar-refractivity contribution in [2.24, 2.45) is 0 Å². The minimum atomic E-state index is -0.0706. The van der Waals surface area contributed by atoms with E-state index in [2.05, 4.69) is 0 Å². The Hall–Kier alpha value is 0.140. The fraction of sp³-hybridized carbons (Fsp3) is 0.250. The molecule has 0 fully saturated rings. The van der Waals surface area contributed by atoms with Crippen LogP contribution in [0.4, 0.5) is 0 Å². The standard InChI is InChI=1S/C4H4IO/c6-4-2-1-3-5-4/h1-2H,3H2/q-1. The molecule has 0 atom stereocenters. The van der Waals surface area contributed by atoms with Crippen LogP contribution in [0.2, 0.25) is 0 Å². The van der Waals surface area contributed by atoms with E-state index in [9.17, 15) is 4.79 Å². The molecule has 1 aliphatic rings. The number of halogens is 1. The summed E-state index contributed by atoms with van der Waals surface area (Å²) in [7, 11) is 0. The Labute approximate surface area is 46.7 Å². The zero-order chi connectivity index (χ0) is 4.41. The van der Waals surface area contributed by atoms with E-state index < -0.39 is 0 Å². The van der Waals surface area contributed by atoms with Gasteiger partial charge in [0.25, 0.3) is 0 Å². The van der Waals surface area contributed by atoms with Crippen molar-refractivity contribution in [3.05, 3.63) is 12.2 Å². The molecule has 0 aliphatic carbocycles. The Bertz CT molecular complexity index is 95.7. The molecule has 0 unspecified atom stereocenters. The van der Waals surface area contributed by atoms with Crippen LogP contribution in [0.1, 0.15) is 0 Å². The summed E-state index contributed by atoms with van der Waals surface area (Å²) >= 11 is -0.0706. The number of rotatable bonds is 0. The number of allylic oxidation sites excluding steroid dienone is 2. The maximum atomic E-state index is 10.2. The van der Waals surface area contributed by atoms with E-state index in [1.54, 1.807) is 6.08 Å². The average Bonchev–Trinajstić information content (AvgIpc) is 1.86. The molecule has 0 saturated carbocycles.